The number of rotatable bonds is 12. The Labute approximate surface area is 158 Å². The maximum Gasteiger partial charge on any atom is 0.303 e. The van der Waals surface area contributed by atoms with Crippen LogP contribution < -0.4 is 0 Å². The second kappa shape index (κ2) is 11.3. The molecule has 0 amide bonds. The lowest BCUT2D eigenvalue weighted by Crippen LogP contribution is -2.27. The molecule has 1 rings (SSSR count). The van der Waals surface area contributed by atoms with E-state index in [0.717, 1.165) is 32.1 Å². The molecule has 1 aliphatic rings. The van der Waals surface area contributed by atoms with Crippen LogP contribution in [0.2, 0.25) is 0 Å². The molecular formula is C22H36O4. The van der Waals surface area contributed by atoms with Crippen molar-refractivity contribution in [3.8, 4) is 0 Å². The zero-order chi connectivity index (χ0) is 19.6. The molecule has 3 atom stereocenters. The number of unbranched alkanes of at least 4 members (excludes halogenated alkanes) is 2. The second-order valence-electron chi connectivity index (χ2n) is 8.19. The van der Waals surface area contributed by atoms with Crippen molar-refractivity contribution in [3.05, 3.63) is 24.3 Å². The first-order valence-corrected chi connectivity index (χ1v) is 10.0. The molecule has 4 heteroatoms. The quantitative estimate of drug-likeness (QED) is 0.381. The van der Waals surface area contributed by atoms with Crippen LogP contribution in [0.4, 0.5) is 0 Å². The van der Waals surface area contributed by atoms with Gasteiger partial charge in [0.1, 0.15) is 5.78 Å². The maximum atomic E-state index is 12.2. The third-order valence-electron chi connectivity index (χ3n) is 5.49. The molecule has 0 aromatic carbocycles. The van der Waals surface area contributed by atoms with Crippen molar-refractivity contribution in [1.29, 1.82) is 0 Å². The molecule has 0 aromatic heterocycles. The summed E-state index contributed by atoms with van der Waals surface area (Å²) in [5, 5.41) is 19.1. The number of carbonyl (C=O) groups is 2. The summed E-state index contributed by atoms with van der Waals surface area (Å²) in [7, 11) is 0. The van der Waals surface area contributed by atoms with E-state index in [1.54, 1.807) is 0 Å². The number of aliphatic hydroxyl groups excluding tert-OH is 1. The van der Waals surface area contributed by atoms with Crippen LogP contribution in [0, 0.1) is 17.3 Å². The van der Waals surface area contributed by atoms with Crippen LogP contribution in [0.1, 0.15) is 78.6 Å². The number of hydrogen-bond acceptors (Lipinski definition) is 3. The summed E-state index contributed by atoms with van der Waals surface area (Å²) >= 11 is 0. The lowest BCUT2D eigenvalue weighted by atomic mass is 9.80. The summed E-state index contributed by atoms with van der Waals surface area (Å²) in [5.74, 6) is -0.278. The molecular weight excluding hydrogens is 328 g/mol. The van der Waals surface area contributed by atoms with Crippen molar-refractivity contribution >= 4 is 11.8 Å². The van der Waals surface area contributed by atoms with Gasteiger partial charge in [-0.1, -0.05) is 57.9 Å². The van der Waals surface area contributed by atoms with Gasteiger partial charge in [-0.25, -0.2) is 0 Å². The number of aliphatic carboxylic acids is 1. The zero-order valence-corrected chi connectivity index (χ0v) is 16.6. The van der Waals surface area contributed by atoms with E-state index in [0.29, 0.717) is 25.0 Å². The van der Waals surface area contributed by atoms with Crippen molar-refractivity contribution < 1.29 is 19.8 Å². The van der Waals surface area contributed by atoms with Crippen molar-refractivity contribution in [2.24, 2.45) is 17.3 Å². The SMILES string of the molecule is CCCCC(C)(C)[C@H](O)C=C[C@@H]1CCC(=O)[C@H]1CC=CCCCC(=O)O. The van der Waals surface area contributed by atoms with E-state index in [2.05, 4.69) is 20.8 Å². The van der Waals surface area contributed by atoms with Gasteiger partial charge in [0, 0.05) is 18.8 Å². The van der Waals surface area contributed by atoms with Gasteiger partial charge in [0.2, 0.25) is 0 Å². The Balaban J connectivity index is 2.52. The minimum absolute atomic E-state index is 0.00655. The van der Waals surface area contributed by atoms with Gasteiger partial charge in [0.05, 0.1) is 6.10 Å². The Hall–Kier alpha value is -1.42. The number of carbonyl (C=O) groups excluding carboxylic acids is 1. The fourth-order valence-corrected chi connectivity index (χ4v) is 3.49. The number of hydrogen-bond donors (Lipinski definition) is 2. The third-order valence-corrected chi connectivity index (χ3v) is 5.49. The van der Waals surface area contributed by atoms with Crippen molar-refractivity contribution in [3.63, 3.8) is 0 Å². The maximum absolute atomic E-state index is 12.2. The van der Waals surface area contributed by atoms with Gasteiger partial charge < -0.3 is 10.2 Å². The number of Topliss-reactive ketones (excluding diaryl/α,β-unsaturated/α-hetero) is 1. The summed E-state index contributed by atoms with van der Waals surface area (Å²) in [6.07, 6.45) is 14.4. The molecule has 0 aromatic rings. The normalized spacial score (nSPS) is 22.5. The zero-order valence-electron chi connectivity index (χ0n) is 16.6. The first-order chi connectivity index (χ1) is 12.3. The topological polar surface area (TPSA) is 74.6 Å². The fourth-order valence-electron chi connectivity index (χ4n) is 3.49. The van der Waals surface area contributed by atoms with Gasteiger partial charge >= 0.3 is 5.97 Å². The Bertz CT molecular complexity index is 504. The van der Waals surface area contributed by atoms with E-state index >= 15 is 0 Å². The van der Waals surface area contributed by atoms with Crippen LogP contribution in [0.25, 0.3) is 0 Å². The molecule has 1 aliphatic carbocycles. The highest BCUT2D eigenvalue weighted by atomic mass is 16.4. The van der Waals surface area contributed by atoms with Crippen LogP contribution in [-0.2, 0) is 9.59 Å². The molecule has 0 unspecified atom stereocenters. The predicted octanol–water partition coefficient (Wildman–Crippen LogP) is 4.92. The molecule has 0 aliphatic heterocycles. The van der Waals surface area contributed by atoms with Crippen LogP contribution in [-0.4, -0.2) is 28.1 Å². The van der Waals surface area contributed by atoms with E-state index in [1.807, 2.05) is 24.3 Å². The van der Waals surface area contributed by atoms with Crippen LogP contribution >= 0.6 is 0 Å². The number of ketones is 1. The molecule has 26 heavy (non-hydrogen) atoms. The lowest BCUT2D eigenvalue weighted by Gasteiger charge is -2.29. The largest absolute Gasteiger partial charge is 0.481 e. The van der Waals surface area contributed by atoms with E-state index in [9.17, 15) is 14.7 Å². The molecule has 0 saturated heterocycles. The first-order valence-electron chi connectivity index (χ1n) is 10.0. The molecule has 4 nitrogen and oxygen atoms in total. The van der Waals surface area contributed by atoms with Gasteiger partial charge in [-0.2, -0.15) is 0 Å². The monoisotopic (exact) mass is 364 g/mol. The number of carboxylic acid groups (broad SMARTS) is 1. The van der Waals surface area contributed by atoms with Crippen LogP contribution in [0.15, 0.2) is 24.3 Å². The van der Waals surface area contributed by atoms with Crippen molar-refractivity contribution in [2.45, 2.75) is 84.7 Å². The molecule has 1 saturated carbocycles. The van der Waals surface area contributed by atoms with Crippen LogP contribution in [0.5, 0.6) is 0 Å². The Kier molecular flexibility index (Phi) is 9.85. The van der Waals surface area contributed by atoms with E-state index in [1.165, 1.54) is 0 Å². The van der Waals surface area contributed by atoms with E-state index in [-0.39, 0.29) is 23.7 Å². The number of carboxylic acids is 1. The molecule has 1 fully saturated rings. The van der Waals surface area contributed by atoms with Gasteiger partial charge in [-0.05, 0) is 43.4 Å². The van der Waals surface area contributed by atoms with E-state index < -0.39 is 12.1 Å². The third kappa shape index (κ3) is 7.86. The lowest BCUT2D eigenvalue weighted by molar-refractivity contribution is -0.137. The molecule has 148 valence electrons. The summed E-state index contributed by atoms with van der Waals surface area (Å²) < 4.78 is 0. The van der Waals surface area contributed by atoms with Gasteiger partial charge in [-0.15, -0.1) is 0 Å². The molecule has 0 radical (unpaired) electrons. The Morgan fingerprint density at radius 1 is 1.31 bits per heavy atom. The van der Waals surface area contributed by atoms with Gasteiger partial charge in [0.25, 0.3) is 0 Å². The highest BCUT2D eigenvalue weighted by Crippen LogP contribution is 2.34. The molecule has 0 spiro atoms. The Morgan fingerprint density at radius 2 is 2.04 bits per heavy atom. The number of aliphatic hydroxyl groups is 1. The van der Waals surface area contributed by atoms with Crippen molar-refractivity contribution in [2.75, 3.05) is 0 Å². The minimum Gasteiger partial charge on any atom is -0.481 e. The van der Waals surface area contributed by atoms with Gasteiger partial charge in [-0.3, -0.25) is 9.59 Å². The second-order valence-corrected chi connectivity index (χ2v) is 8.19. The average molecular weight is 365 g/mol. The molecule has 2 N–H and O–H groups in total. The number of allylic oxidation sites excluding steroid dienone is 3. The minimum atomic E-state index is -0.769. The molecule has 0 bridgehead atoms. The highest BCUT2D eigenvalue weighted by molar-refractivity contribution is 5.83. The predicted molar refractivity (Wildman–Crippen MR) is 105 cm³/mol. The highest BCUT2D eigenvalue weighted by Gasteiger charge is 2.32. The van der Waals surface area contributed by atoms with E-state index in [4.69, 9.17) is 5.11 Å². The molecule has 0 heterocycles. The summed E-state index contributed by atoms with van der Waals surface area (Å²) in [6, 6.07) is 0. The Morgan fingerprint density at radius 3 is 2.69 bits per heavy atom. The smallest absolute Gasteiger partial charge is 0.303 e. The van der Waals surface area contributed by atoms with Crippen molar-refractivity contribution in [1.82, 2.24) is 0 Å². The fraction of sp³-hybridized carbons (Fsp3) is 0.727. The van der Waals surface area contributed by atoms with Gasteiger partial charge in [0.15, 0.2) is 0 Å². The van der Waals surface area contributed by atoms with Crippen LogP contribution in [0.3, 0.4) is 0 Å². The summed E-state index contributed by atoms with van der Waals surface area (Å²) in [6.45, 7) is 6.34. The summed E-state index contributed by atoms with van der Waals surface area (Å²) in [4.78, 5) is 22.7. The first kappa shape index (κ1) is 22.6. The summed E-state index contributed by atoms with van der Waals surface area (Å²) in [5.41, 5.74) is -0.144. The standard InChI is InChI=1S/C22H36O4/c1-4-5-16-22(2,3)20(24)15-13-17-12-14-19(23)18(17)10-8-6-7-9-11-21(25)26/h6,8,13,15,17-18,20,24H,4-5,7,9-12,14,16H2,1-3H3,(H,25,26)/t17-,18-,20+/m0/s1. The average Bonchev–Trinajstić information content (AvgIpc) is 2.93.